The van der Waals surface area contributed by atoms with Gasteiger partial charge in [0.25, 0.3) is 5.89 Å². The maximum atomic E-state index is 9.77. The first kappa shape index (κ1) is 12.7. The molecule has 0 amide bonds. The fourth-order valence-corrected chi connectivity index (χ4v) is 2.69. The quantitative estimate of drug-likeness (QED) is 0.799. The summed E-state index contributed by atoms with van der Waals surface area (Å²) in [4.78, 5) is 4.36. The van der Waals surface area contributed by atoms with E-state index in [0.717, 1.165) is 11.1 Å². The molecule has 0 radical (unpaired) electrons. The van der Waals surface area contributed by atoms with Gasteiger partial charge in [-0.3, -0.25) is 0 Å². The second-order valence-corrected chi connectivity index (χ2v) is 5.02. The summed E-state index contributed by atoms with van der Waals surface area (Å²) < 4.78 is 10.3. The Morgan fingerprint density at radius 2 is 2.15 bits per heavy atom. The zero-order valence-corrected chi connectivity index (χ0v) is 11.8. The number of aromatic hydroxyl groups is 1. The molecule has 1 aromatic carbocycles. The van der Waals surface area contributed by atoms with Crippen molar-refractivity contribution >= 4 is 11.3 Å². The molecule has 20 heavy (non-hydrogen) atoms. The van der Waals surface area contributed by atoms with Crippen molar-refractivity contribution < 1.29 is 14.4 Å². The lowest BCUT2D eigenvalue weighted by molar-refractivity contribution is 0.373. The van der Waals surface area contributed by atoms with Gasteiger partial charge in [-0.1, -0.05) is 5.16 Å². The molecule has 6 heteroatoms. The largest absolute Gasteiger partial charge is 0.504 e. The highest BCUT2D eigenvalue weighted by molar-refractivity contribution is 7.08. The Bertz CT molecular complexity index is 748. The Labute approximate surface area is 119 Å². The minimum atomic E-state index is 0.0384. The number of benzene rings is 1. The summed E-state index contributed by atoms with van der Waals surface area (Å²) >= 11 is 1.60. The summed E-state index contributed by atoms with van der Waals surface area (Å²) in [5.74, 6) is 1.36. The number of phenols is 1. The topological polar surface area (TPSA) is 68.4 Å². The smallest absolute Gasteiger partial charge is 0.258 e. The second kappa shape index (κ2) is 4.97. The third kappa shape index (κ3) is 2.14. The second-order valence-electron chi connectivity index (χ2n) is 4.28. The van der Waals surface area contributed by atoms with Gasteiger partial charge >= 0.3 is 0 Å². The lowest BCUT2D eigenvalue weighted by Gasteiger charge is -2.03. The fourth-order valence-electron chi connectivity index (χ4n) is 1.86. The van der Waals surface area contributed by atoms with Crippen molar-refractivity contribution in [2.45, 2.75) is 6.92 Å². The van der Waals surface area contributed by atoms with Crippen LogP contribution in [0.1, 0.15) is 5.56 Å². The molecule has 3 aromatic rings. The van der Waals surface area contributed by atoms with E-state index < -0.39 is 0 Å². The SMILES string of the molecule is COc1ccc(-c2nc(-c3cscc3C)no2)cc1O. The maximum Gasteiger partial charge on any atom is 0.258 e. The summed E-state index contributed by atoms with van der Waals surface area (Å²) in [5, 5.41) is 17.8. The van der Waals surface area contributed by atoms with Gasteiger partial charge in [0, 0.05) is 16.5 Å². The van der Waals surface area contributed by atoms with Crippen LogP contribution in [0.5, 0.6) is 11.5 Å². The number of hydrogen-bond acceptors (Lipinski definition) is 6. The van der Waals surface area contributed by atoms with Crippen LogP contribution in [0, 0.1) is 6.92 Å². The van der Waals surface area contributed by atoms with Gasteiger partial charge in [-0.05, 0) is 36.1 Å². The summed E-state index contributed by atoms with van der Waals surface area (Å²) in [6.07, 6.45) is 0. The number of ether oxygens (including phenoxy) is 1. The summed E-state index contributed by atoms with van der Waals surface area (Å²) in [5.41, 5.74) is 2.72. The number of rotatable bonds is 3. The van der Waals surface area contributed by atoms with Crippen LogP contribution in [0.15, 0.2) is 33.5 Å². The molecular weight excluding hydrogens is 276 g/mol. The Balaban J connectivity index is 1.98. The van der Waals surface area contributed by atoms with E-state index in [1.165, 1.54) is 13.2 Å². The summed E-state index contributed by atoms with van der Waals surface area (Å²) in [6, 6.07) is 4.96. The lowest BCUT2D eigenvalue weighted by Crippen LogP contribution is -1.85. The Hall–Kier alpha value is -2.34. The van der Waals surface area contributed by atoms with E-state index in [0.29, 0.717) is 23.0 Å². The lowest BCUT2D eigenvalue weighted by atomic mass is 10.2. The van der Waals surface area contributed by atoms with Crippen molar-refractivity contribution in [1.29, 1.82) is 0 Å². The molecule has 0 fully saturated rings. The number of methoxy groups -OCH3 is 1. The van der Waals surface area contributed by atoms with Gasteiger partial charge in [-0.15, -0.1) is 0 Å². The Kier molecular flexibility index (Phi) is 3.15. The molecule has 2 heterocycles. The number of thiophene rings is 1. The predicted molar refractivity (Wildman–Crippen MR) is 76.0 cm³/mol. The molecule has 0 unspecified atom stereocenters. The molecule has 5 nitrogen and oxygen atoms in total. The van der Waals surface area contributed by atoms with Crippen molar-refractivity contribution in [2.24, 2.45) is 0 Å². The molecule has 0 spiro atoms. The molecule has 2 aromatic heterocycles. The Morgan fingerprint density at radius 1 is 1.30 bits per heavy atom. The molecule has 0 saturated carbocycles. The van der Waals surface area contributed by atoms with Gasteiger partial charge in [0.1, 0.15) is 0 Å². The molecule has 0 aliphatic rings. The van der Waals surface area contributed by atoms with Crippen molar-refractivity contribution in [3.8, 4) is 34.3 Å². The first-order chi connectivity index (χ1) is 9.69. The fraction of sp³-hybridized carbons (Fsp3) is 0.143. The van der Waals surface area contributed by atoms with E-state index in [1.54, 1.807) is 23.5 Å². The predicted octanol–water partition coefficient (Wildman–Crippen LogP) is 3.49. The normalized spacial score (nSPS) is 10.7. The highest BCUT2D eigenvalue weighted by Gasteiger charge is 2.14. The number of aromatic nitrogens is 2. The van der Waals surface area contributed by atoms with Crippen LogP contribution in [0.2, 0.25) is 0 Å². The number of phenolic OH excluding ortho intramolecular Hbond substituents is 1. The van der Waals surface area contributed by atoms with Crippen LogP contribution in [-0.4, -0.2) is 22.4 Å². The van der Waals surface area contributed by atoms with Crippen LogP contribution in [0.25, 0.3) is 22.8 Å². The minimum absolute atomic E-state index is 0.0384. The third-order valence-electron chi connectivity index (χ3n) is 2.95. The molecule has 1 N–H and O–H groups in total. The van der Waals surface area contributed by atoms with Gasteiger partial charge in [0.15, 0.2) is 11.5 Å². The van der Waals surface area contributed by atoms with Crippen LogP contribution >= 0.6 is 11.3 Å². The van der Waals surface area contributed by atoms with Crippen molar-refractivity contribution in [3.05, 3.63) is 34.5 Å². The zero-order chi connectivity index (χ0) is 14.1. The van der Waals surface area contributed by atoms with Crippen LogP contribution in [0.4, 0.5) is 0 Å². The van der Waals surface area contributed by atoms with E-state index in [-0.39, 0.29) is 5.75 Å². The first-order valence-electron chi connectivity index (χ1n) is 5.93. The van der Waals surface area contributed by atoms with E-state index in [2.05, 4.69) is 10.1 Å². The first-order valence-corrected chi connectivity index (χ1v) is 6.87. The number of nitrogens with zero attached hydrogens (tertiary/aromatic N) is 2. The Morgan fingerprint density at radius 3 is 2.80 bits per heavy atom. The van der Waals surface area contributed by atoms with E-state index in [1.807, 2.05) is 17.7 Å². The standard InChI is InChI=1S/C14H12N2O3S/c1-8-6-20-7-10(8)13-15-14(19-16-13)9-3-4-12(18-2)11(17)5-9/h3-7,17H,1-2H3. The molecular formula is C14H12N2O3S. The van der Waals surface area contributed by atoms with Crippen molar-refractivity contribution in [3.63, 3.8) is 0 Å². The highest BCUT2D eigenvalue weighted by Crippen LogP contribution is 2.32. The molecule has 3 rings (SSSR count). The maximum absolute atomic E-state index is 9.77. The van der Waals surface area contributed by atoms with Crippen LogP contribution in [0.3, 0.4) is 0 Å². The zero-order valence-electron chi connectivity index (χ0n) is 11.0. The molecule has 0 atom stereocenters. The summed E-state index contributed by atoms with van der Waals surface area (Å²) in [6.45, 7) is 2.00. The van der Waals surface area contributed by atoms with Gasteiger partial charge in [0.05, 0.1) is 7.11 Å². The number of aryl methyl sites for hydroxylation is 1. The highest BCUT2D eigenvalue weighted by atomic mass is 32.1. The van der Waals surface area contributed by atoms with Crippen molar-refractivity contribution in [2.75, 3.05) is 7.11 Å². The molecule has 0 bridgehead atoms. The van der Waals surface area contributed by atoms with Gasteiger partial charge in [-0.25, -0.2) is 0 Å². The van der Waals surface area contributed by atoms with E-state index in [4.69, 9.17) is 9.26 Å². The van der Waals surface area contributed by atoms with Crippen LogP contribution in [-0.2, 0) is 0 Å². The molecule has 0 saturated heterocycles. The minimum Gasteiger partial charge on any atom is -0.504 e. The molecule has 0 aliphatic carbocycles. The van der Waals surface area contributed by atoms with E-state index in [9.17, 15) is 5.11 Å². The average molecular weight is 288 g/mol. The van der Waals surface area contributed by atoms with Crippen molar-refractivity contribution in [1.82, 2.24) is 10.1 Å². The monoisotopic (exact) mass is 288 g/mol. The van der Waals surface area contributed by atoms with Crippen LogP contribution < -0.4 is 4.74 Å². The van der Waals surface area contributed by atoms with Gasteiger partial charge in [-0.2, -0.15) is 16.3 Å². The van der Waals surface area contributed by atoms with Gasteiger partial charge in [0.2, 0.25) is 5.82 Å². The molecule has 102 valence electrons. The average Bonchev–Trinajstić information content (AvgIpc) is 3.07. The van der Waals surface area contributed by atoms with E-state index >= 15 is 0 Å². The third-order valence-corrected chi connectivity index (χ3v) is 3.81. The summed E-state index contributed by atoms with van der Waals surface area (Å²) in [7, 11) is 1.50. The molecule has 0 aliphatic heterocycles. The number of hydrogen-bond donors (Lipinski definition) is 1. The van der Waals surface area contributed by atoms with Gasteiger partial charge < -0.3 is 14.4 Å².